The molecule has 1 aromatic heterocycles. The first-order chi connectivity index (χ1) is 6.63. The van der Waals surface area contributed by atoms with Gasteiger partial charge in [0.2, 0.25) is 5.76 Å². The van der Waals surface area contributed by atoms with Crippen molar-refractivity contribution < 1.29 is 9.32 Å². The van der Waals surface area contributed by atoms with E-state index in [9.17, 15) is 4.79 Å². The van der Waals surface area contributed by atoms with Gasteiger partial charge in [-0.05, 0) is 13.3 Å². The molecule has 1 unspecified atom stereocenters. The zero-order valence-corrected chi connectivity index (χ0v) is 8.41. The van der Waals surface area contributed by atoms with Crippen LogP contribution in [0.5, 0.6) is 0 Å². The molecule has 1 aromatic rings. The third-order valence-corrected chi connectivity index (χ3v) is 1.90. The van der Waals surface area contributed by atoms with Gasteiger partial charge < -0.3 is 15.6 Å². The third kappa shape index (κ3) is 2.85. The van der Waals surface area contributed by atoms with Crippen molar-refractivity contribution in [1.29, 1.82) is 0 Å². The fourth-order valence-corrected chi connectivity index (χ4v) is 0.926. The van der Waals surface area contributed by atoms with E-state index >= 15 is 0 Å². The molecular formula is C9H15N3O2. The van der Waals surface area contributed by atoms with Gasteiger partial charge in [-0.1, -0.05) is 12.1 Å². The highest BCUT2D eigenvalue weighted by molar-refractivity contribution is 5.91. The summed E-state index contributed by atoms with van der Waals surface area (Å²) in [7, 11) is 0. The van der Waals surface area contributed by atoms with Crippen LogP contribution in [0.1, 0.15) is 29.6 Å². The van der Waals surface area contributed by atoms with Gasteiger partial charge >= 0.3 is 0 Å². The van der Waals surface area contributed by atoms with E-state index in [1.165, 1.54) is 0 Å². The Morgan fingerprint density at radius 2 is 2.50 bits per heavy atom. The summed E-state index contributed by atoms with van der Waals surface area (Å²) in [5, 5.41) is 6.28. The Hall–Kier alpha value is -1.36. The molecule has 5 nitrogen and oxygen atoms in total. The minimum Gasteiger partial charge on any atom is -0.351 e. The Bertz CT molecular complexity index is 309. The molecule has 0 radical (unpaired) electrons. The standard InChI is InChI=1S/C9H15N3O2/c1-3-7(10)5-11-9(13)8-4-6(2)12-14-8/h4,7H,3,5,10H2,1-2H3,(H,11,13). The summed E-state index contributed by atoms with van der Waals surface area (Å²) >= 11 is 0. The van der Waals surface area contributed by atoms with Crippen LogP contribution < -0.4 is 11.1 Å². The average molecular weight is 197 g/mol. The number of nitrogens with two attached hydrogens (primary N) is 1. The molecule has 0 aromatic carbocycles. The number of aromatic nitrogens is 1. The molecular weight excluding hydrogens is 182 g/mol. The van der Waals surface area contributed by atoms with E-state index in [0.717, 1.165) is 6.42 Å². The molecule has 3 N–H and O–H groups in total. The Morgan fingerprint density at radius 1 is 1.79 bits per heavy atom. The number of nitrogens with one attached hydrogen (secondary N) is 1. The molecule has 1 rings (SSSR count). The van der Waals surface area contributed by atoms with Crippen molar-refractivity contribution in [2.45, 2.75) is 26.3 Å². The summed E-state index contributed by atoms with van der Waals surface area (Å²) in [4.78, 5) is 11.4. The van der Waals surface area contributed by atoms with Crippen molar-refractivity contribution >= 4 is 5.91 Å². The lowest BCUT2D eigenvalue weighted by Gasteiger charge is -2.08. The van der Waals surface area contributed by atoms with E-state index in [-0.39, 0.29) is 17.7 Å². The van der Waals surface area contributed by atoms with Crippen molar-refractivity contribution in [2.24, 2.45) is 5.73 Å². The maximum atomic E-state index is 11.4. The fourth-order valence-electron chi connectivity index (χ4n) is 0.926. The van der Waals surface area contributed by atoms with E-state index in [1.54, 1.807) is 13.0 Å². The van der Waals surface area contributed by atoms with E-state index in [4.69, 9.17) is 10.3 Å². The minimum atomic E-state index is -0.269. The lowest BCUT2D eigenvalue weighted by atomic mass is 10.2. The maximum Gasteiger partial charge on any atom is 0.289 e. The Morgan fingerprint density at radius 3 is 3.00 bits per heavy atom. The number of hydrogen-bond donors (Lipinski definition) is 2. The summed E-state index contributed by atoms with van der Waals surface area (Å²) in [6, 6.07) is 1.58. The topological polar surface area (TPSA) is 81.1 Å². The van der Waals surface area contributed by atoms with Crippen LogP contribution in [0.4, 0.5) is 0 Å². The Kier molecular flexibility index (Phi) is 3.64. The quantitative estimate of drug-likeness (QED) is 0.734. The van der Waals surface area contributed by atoms with Gasteiger partial charge in [0, 0.05) is 18.7 Å². The van der Waals surface area contributed by atoms with Crippen LogP contribution in [0.25, 0.3) is 0 Å². The number of amides is 1. The zero-order valence-electron chi connectivity index (χ0n) is 8.41. The van der Waals surface area contributed by atoms with Crippen molar-refractivity contribution in [1.82, 2.24) is 10.5 Å². The van der Waals surface area contributed by atoms with Crippen LogP contribution in [-0.2, 0) is 0 Å². The summed E-state index contributed by atoms with van der Waals surface area (Å²) in [5.74, 6) is -0.0414. The zero-order chi connectivity index (χ0) is 10.6. The molecule has 0 saturated carbocycles. The van der Waals surface area contributed by atoms with Crippen molar-refractivity contribution in [2.75, 3.05) is 6.54 Å². The first kappa shape index (κ1) is 10.7. The van der Waals surface area contributed by atoms with Gasteiger partial charge in [0.25, 0.3) is 5.91 Å². The van der Waals surface area contributed by atoms with Crippen molar-refractivity contribution in [3.05, 3.63) is 17.5 Å². The molecule has 1 amide bonds. The van der Waals surface area contributed by atoms with E-state index in [2.05, 4.69) is 10.5 Å². The molecule has 0 bridgehead atoms. The predicted octanol–water partition coefficient (Wildman–Crippen LogP) is 0.450. The Balaban J connectivity index is 2.43. The molecule has 1 atom stereocenters. The molecule has 78 valence electrons. The van der Waals surface area contributed by atoms with Crippen LogP contribution in [0.3, 0.4) is 0 Å². The largest absolute Gasteiger partial charge is 0.351 e. The highest BCUT2D eigenvalue weighted by atomic mass is 16.5. The smallest absolute Gasteiger partial charge is 0.289 e. The van der Waals surface area contributed by atoms with Crippen LogP contribution >= 0.6 is 0 Å². The lowest BCUT2D eigenvalue weighted by Crippen LogP contribution is -2.36. The van der Waals surface area contributed by atoms with Gasteiger partial charge in [-0.2, -0.15) is 0 Å². The highest BCUT2D eigenvalue weighted by Crippen LogP contribution is 2.01. The third-order valence-electron chi connectivity index (χ3n) is 1.90. The number of nitrogens with zero attached hydrogens (tertiary/aromatic N) is 1. The molecule has 0 saturated heterocycles. The number of carbonyl (C=O) groups excluding carboxylic acids is 1. The highest BCUT2D eigenvalue weighted by Gasteiger charge is 2.11. The second-order valence-corrected chi connectivity index (χ2v) is 3.21. The SMILES string of the molecule is CCC(N)CNC(=O)c1cc(C)no1. The molecule has 14 heavy (non-hydrogen) atoms. The van der Waals surface area contributed by atoms with Gasteiger partial charge in [0.15, 0.2) is 0 Å². The van der Waals surface area contributed by atoms with E-state index in [0.29, 0.717) is 12.2 Å². The Labute approximate surface area is 82.6 Å². The van der Waals surface area contributed by atoms with Gasteiger partial charge in [-0.15, -0.1) is 0 Å². The van der Waals surface area contributed by atoms with Crippen molar-refractivity contribution in [3.63, 3.8) is 0 Å². The summed E-state index contributed by atoms with van der Waals surface area (Å²) in [6.07, 6.45) is 0.829. The predicted molar refractivity (Wildman–Crippen MR) is 51.8 cm³/mol. The number of aryl methyl sites for hydroxylation is 1. The van der Waals surface area contributed by atoms with Crippen LogP contribution in [-0.4, -0.2) is 23.7 Å². The first-order valence-corrected chi connectivity index (χ1v) is 4.60. The monoisotopic (exact) mass is 197 g/mol. The number of hydrogen-bond acceptors (Lipinski definition) is 4. The van der Waals surface area contributed by atoms with Crippen LogP contribution in [0.15, 0.2) is 10.6 Å². The molecule has 5 heteroatoms. The van der Waals surface area contributed by atoms with Gasteiger partial charge in [-0.3, -0.25) is 4.79 Å². The molecule has 0 spiro atoms. The first-order valence-electron chi connectivity index (χ1n) is 4.60. The van der Waals surface area contributed by atoms with Crippen LogP contribution in [0.2, 0.25) is 0 Å². The normalized spacial score (nSPS) is 12.5. The summed E-state index contributed by atoms with van der Waals surface area (Å²) < 4.78 is 4.79. The minimum absolute atomic E-state index is 0.0111. The molecule has 0 aliphatic rings. The molecule has 1 heterocycles. The summed E-state index contributed by atoms with van der Waals surface area (Å²) in [5.41, 5.74) is 6.33. The van der Waals surface area contributed by atoms with Gasteiger partial charge in [0.1, 0.15) is 0 Å². The van der Waals surface area contributed by atoms with Gasteiger partial charge in [-0.25, -0.2) is 0 Å². The average Bonchev–Trinajstić information content (AvgIpc) is 2.60. The van der Waals surface area contributed by atoms with Crippen LogP contribution in [0, 0.1) is 6.92 Å². The second kappa shape index (κ2) is 4.76. The maximum absolute atomic E-state index is 11.4. The number of rotatable bonds is 4. The fraction of sp³-hybridized carbons (Fsp3) is 0.556. The molecule has 0 aliphatic carbocycles. The second-order valence-electron chi connectivity index (χ2n) is 3.21. The summed E-state index contributed by atoms with van der Waals surface area (Å²) in [6.45, 7) is 4.18. The van der Waals surface area contributed by atoms with E-state index in [1.807, 2.05) is 6.92 Å². The lowest BCUT2D eigenvalue weighted by molar-refractivity contribution is 0.0914. The van der Waals surface area contributed by atoms with Crippen molar-refractivity contribution in [3.8, 4) is 0 Å². The molecule has 0 aliphatic heterocycles. The molecule has 0 fully saturated rings. The van der Waals surface area contributed by atoms with E-state index < -0.39 is 0 Å². The van der Waals surface area contributed by atoms with Gasteiger partial charge in [0.05, 0.1) is 5.69 Å². The number of carbonyl (C=O) groups is 1.